The number of carbonyl (C=O) groups is 1. The van der Waals surface area contributed by atoms with Gasteiger partial charge in [0.15, 0.2) is 0 Å². The fraction of sp³-hybridized carbons (Fsp3) is 0.615. The average Bonchev–Trinajstić information content (AvgIpc) is 2.97. The Labute approximate surface area is 105 Å². The van der Waals surface area contributed by atoms with Crippen LogP contribution >= 0.6 is 11.3 Å². The summed E-state index contributed by atoms with van der Waals surface area (Å²) in [7, 11) is 0. The van der Waals surface area contributed by atoms with Gasteiger partial charge >= 0.3 is 5.97 Å². The molecule has 2 aliphatic rings. The van der Waals surface area contributed by atoms with E-state index in [-0.39, 0.29) is 0 Å². The van der Waals surface area contributed by atoms with Crippen LogP contribution in [0.15, 0.2) is 12.1 Å². The van der Waals surface area contributed by atoms with Gasteiger partial charge in [-0.25, -0.2) is 4.79 Å². The van der Waals surface area contributed by atoms with Gasteiger partial charge in [-0.15, -0.1) is 11.3 Å². The zero-order valence-corrected chi connectivity index (χ0v) is 10.6. The van der Waals surface area contributed by atoms with Gasteiger partial charge in [-0.1, -0.05) is 6.42 Å². The molecule has 3 nitrogen and oxygen atoms in total. The Bertz CT molecular complexity index is 429. The van der Waals surface area contributed by atoms with Crippen molar-refractivity contribution in [3.63, 3.8) is 0 Å². The van der Waals surface area contributed by atoms with Gasteiger partial charge in [0.25, 0.3) is 0 Å². The van der Waals surface area contributed by atoms with Crippen molar-refractivity contribution in [3.8, 4) is 0 Å². The van der Waals surface area contributed by atoms with Crippen molar-refractivity contribution in [2.75, 3.05) is 11.4 Å². The van der Waals surface area contributed by atoms with E-state index < -0.39 is 5.97 Å². The number of hydrogen-bond donors (Lipinski definition) is 1. The highest BCUT2D eigenvalue weighted by molar-refractivity contribution is 7.17. The average molecular weight is 251 g/mol. The summed E-state index contributed by atoms with van der Waals surface area (Å²) < 4.78 is 0. The van der Waals surface area contributed by atoms with Crippen LogP contribution in [0.4, 0.5) is 5.00 Å². The highest BCUT2D eigenvalue weighted by Gasteiger charge is 2.35. The van der Waals surface area contributed by atoms with Crippen LogP contribution in [0.2, 0.25) is 0 Å². The molecule has 1 N–H and O–H groups in total. The predicted molar refractivity (Wildman–Crippen MR) is 69.0 cm³/mol. The lowest BCUT2D eigenvalue weighted by Gasteiger charge is -2.38. The molecule has 92 valence electrons. The minimum Gasteiger partial charge on any atom is -0.477 e. The van der Waals surface area contributed by atoms with Gasteiger partial charge in [0.1, 0.15) is 4.88 Å². The van der Waals surface area contributed by atoms with Crippen LogP contribution in [0.3, 0.4) is 0 Å². The molecule has 1 saturated carbocycles. The Morgan fingerprint density at radius 3 is 2.88 bits per heavy atom. The number of hydrogen-bond acceptors (Lipinski definition) is 3. The summed E-state index contributed by atoms with van der Waals surface area (Å²) in [6.07, 6.45) is 6.59. The highest BCUT2D eigenvalue weighted by atomic mass is 32.1. The van der Waals surface area contributed by atoms with Crippen LogP contribution in [0.5, 0.6) is 0 Å². The predicted octanol–water partition coefficient (Wildman–Crippen LogP) is 3.22. The molecule has 17 heavy (non-hydrogen) atoms. The third-order valence-electron chi connectivity index (χ3n) is 4.08. The van der Waals surface area contributed by atoms with Crippen LogP contribution in [0, 0.1) is 5.92 Å². The first-order valence-electron chi connectivity index (χ1n) is 6.35. The van der Waals surface area contributed by atoms with E-state index in [0.29, 0.717) is 10.9 Å². The number of rotatable bonds is 2. The fourth-order valence-corrected chi connectivity index (χ4v) is 4.25. The summed E-state index contributed by atoms with van der Waals surface area (Å²) in [5.41, 5.74) is 0. The molecule has 0 aromatic carbocycles. The van der Waals surface area contributed by atoms with E-state index in [2.05, 4.69) is 4.90 Å². The van der Waals surface area contributed by atoms with Gasteiger partial charge in [0.2, 0.25) is 0 Å². The van der Waals surface area contributed by atoms with Crippen molar-refractivity contribution < 1.29 is 9.90 Å². The Hall–Kier alpha value is -1.03. The van der Waals surface area contributed by atoms with E-state index in [1.165, 1.54) is 43.4 Å². The second kappa shape index (κ2) is 4.33. The number of nitrogens with zero attached hydrogens (tertiary/aromatic N) is 1. The maximum Gasteiger partial charge on any atom is 0.345 e. The van der Waals surface area contributed by atoms with Crippen molar-refractivity contribution in [1.82, 2.24) is 0 Å². The number of carboxylic acid groups (broad SMARTS) is 1. The SMILES string of the molecule is O=C(O)c1ccc(N2CCCC3CCCC32)s1. The fourth-order valence-electron chi connectivity index (χ4n) is 3.32. The zero-order chi connectivity index (χ0) is 11.8. The van der Waals surface area contributed by atoms with E-state index in [4.69, 9.17) is 5.11 Å². The van der Waals surface area contributed by atoms with Crippen molar-refractivity contribution in [2.45, 2.75) is 38.1 Å². The molecule has 2 atom stereocenters. The molecule has 1 saturated heterocycles. The second-order valence-corrected chi connectivity index (χ2v) is 6.10. The zero-order valence-electron chi connectivity index (χ0n) is 9.76. The Morgan fingerprint density at radius 1 is 1.29 bits per heavy atom. The lowest BCUT2D eigenvalue weighted by Crippen LogP contribution is -2.42. The maximum atomic E-state index is 10.9. The lowest BCUT2D eigenvalue weighted by molar-refractivity contribution is 0.0702. The van der Waals surface area contributed by atoms with Crippen LogP contribution in [0.1, 0.15) is 41.8 Å². The van der Waals surface area contributed by atoms with E-state index in [0.717, 1.165) is 17.5 Å². The maximum absolute atomic E-state index is 10.9. The summed E-state index contributed by atoms with van der Waals surface area (Å²) in [4.78, 5) is 13.8. The largest absolute Gasteiger partial charge is 0.477 e. The first-order valence-corrected chi connectivity index (χ1v) is 7.17. The second-order valence-electron chi connectivity index (χ2n) is 5.04. The number of fused-ring (bicyclic) bond motifs is 1. The molecule has 1 aliphatic carbocycles. The molecule has 2 fully saturated rings. The van der Waals surface area contributed by atoms with Gasteiger partial charge in [-0.05, 0) is 43.7 Å². The van der Waals surface area contributed by atoms with Crippen LogP contribution < -0.4 is 4.90 Å². The molecule has 3 rings (SSSR count). The summed E-state index contributed by atoms with van der Waals surface area (Å²) in [5, 5.41) is 10.1. The van der Waals surface area contributed by atoms with Crippen molar-refractivity contribution in [1.29, 1.82) is 0 Å². The number of piperidine rings is 1. The molecular formula is C13H17NO2S. The number of carboxylic acids is 1. The molecule has 0 amide bonds. The van der Waals surface area contributed by atoms with E-state index >= 15 is 0 Å². The summed E-state index contributed by atoms with van der Waals surface area (Å²) in [6, 6.07) is 4.39. The van der Waals surface area contributed by atoms with E-state index in [1.54, 1.807) is 6.07 Å². The molecular weight excluding hydrogens is 234 g/mol. The van der Waals surface area contributed by atoms with E-state index in [1.807, 2.05) is 6.07 Å². The van der Waals surface area contributed by atoms with Crippen molar-refractivity contribution in [2.24, 2.45) is 5.92 Å². The third-order valence-corrected chi connectivity index (χ3v) is 5.19. The summed E-state index contributed by atoms with van der Waals surface area (Å²) in [6.45, 7) is 1.10. The summed E-state index contributed by atoms with van der Waals surface area (Å²) in [5.74, 6) is 0.0420. The summed E-state index contributed by atoms with van der Waals surface area (Å²) >= 11 is 1.42. The third kappa shape index (κ3) is 1.95. The molecule has 2 unspecified atom stereocenters. The standard InChI is InChI=1S/C13H17NO2S/c15-13(16)11-6-7-12(17-11)14-8-2-4-9-3-1-5-10(9)14/h6-7,9-10H,1-5,8H2,(H,15,16). The van der Waals surface area contributed by atoms with Crippen molar-refractivity contribution >= 4 is 22.3 Å². The minimum absolute atomic E-state index is 0.458. The van der Waals surface area contributed by atoms with Gasteiger partial charge in [0.05, 0.1) is 5.00 Å². The van der Waals surface area contributed by atoms with Crippen LogP contribution in [0.25, 0.3) is 0 Å². The quantitative estimate of drug-likeness (QED) is 0.877. The Kier molecular flexibility index (Phi) is 2.82. The first-order chi connectivity index (χ1) is 8.25. The van der Waals surface area contributed by atoms with Gasteiger partial charge < -0.3 is 10.0 Å². The van der Waals surface area contributed by atoms with Gasteiger partial charge in [-0.3, -0.25) is 0 Å². The first kappa shape index (κ1) is 11.1. The number of thiophene rings is 1. The molecule has 0 radical (unpaired) electrons. The molecule has 0 spiro atoms. The normalized spacial score (nSPS) is 28.1. The van der Waals surface area contributed by atoms with Gasteiger partial charge in [0, 0.05) is 12.6 Å². The Balaban J connectivity index is 1.84. The molecule has 4 heteroatoms. The topological polar surface area (TPSA) is 40.5 Å². The lowest BCUT2D eigenvalue weighted by atomic mass is 9.92. The number of aromatic carboxylic acids is 1. The molecule has 2 heterocycles. The molecule has 1 aliphatic heterocycles. The molecule has 0 bridgehead atoms. The Morgan fingerprint density at radius 2 is 2.12 bits per heavy atom. The van der Waals surface area contributed by atoms with E-state index in [9.17, 15) is 4.79 Å². The minimum atomic E-state index is -0.804. The molecule has 1 aromatic heterocycles. The van der Waals surface area contributed by atoms with Crippen molar-refractivity contribution in [3.05, 3.63) is 17.0 Å². The molecule has 1 aromatic rings. The van der Waals surface area contributed by atoms with Crippen LogP contribution in [-0.2, 0) is 0 Å². The van der Waals surface area contributed by atoms with Gasteiger partial charge in [-0.2, -0.15) is 0 Å². The van der Waals surface area contributed by atoms with Crippen LogP contribution in [-0.4, -0.2) is 23.7 Å². The monoisotopic (exact) mass is 251 g/mol. The smallest absolute Gasteiger partial charge is 0.345 e. The number of anilines is 1. The highest BCUT2D eigenvalue weighted by Crippen LogP contribution is 2.41.